The lowest BCUT2D eigenvalue weighted by atomic mass is 10.0. The molecule has 0 aliphatic carbocycles. The predicted molar refractivity (Wildman–Crippen MR) is 97.2 cm³/mol. The Labute approximate surface area is 146 Å². The molecular formula is C19H31N3O2. The molecule has 2 rings (SSSR count). The molecular weight excluding hydrogens is 302 g/mol. The number of nitrogens with zero attached hydrogens (tertiary/aromatic N) is 2. The average Bonchev–Trinajstić information content (AvgIpc) is 2.57. The van der Waals surface area contributed by atoms with Crippen molar-refractivity contribution in [3.63, 3.8) is 0 Å². The lowest BCUT2D eigenvalue weighted by Gasteiger charge is -2.39. The molecule has 1 saturated heterocycles. The van der Waals surface area contributed by atoms with E-state index in [-0.39, 0.29) is 5.91 Å². The molecule has 5 heteroatoms. The predicted octanol–water partition coefficient (Wildman–Crippen LogP) is 1.83. The number of nitrogens with one attached hydrogen (secondary N) is 1. The van der Waals surface area contributed by atoms with Gasteiger partial charge in [-0.15, -0.1) is 0 Å². The standard InChI is InChI=1S/C19H31N3O2/c1-15(2)18(22-11-9-21(3)10-12-22)13-20-19(23)17-7-5-16(6-8-17)14-24-4/h5-8,15,18H,9-14H2,1-4H3,(H,20,23). The van der Waals surface area contributed by atoms with E-state index in [9.17, 15) is 4.79 Å². The molecule has 0 saturated carbocycles. The number of carbonyl (C=O) groups excluding carboxylic acids is 1. The molecule has 134 valence electrons. The van der Waals surface area contributed by atoms with Crippen LogP contribution in [0.5, 0.6) is 0 Å². The third kappa shape index (κ3) is 5.30. The monoisotopic (exact) mass is 333 g/mol. The lowest BCUT2D eigenvalue weighted by molar-refractivity contribution is 0.0791. The highest BCUT2D eigenvalue weighted by Gasteiger charge is 2.25. The summed E-state index contributed by atoms with van der Waals surface area (Å²) in [7, 11) is 3.84. The van der Waals surface area contributed by atoms with Crippen molar-refractivity contribution in [2.45, 2.75) is 26.5 Å². The summed E-state index contributed by atoms with van der Waals surface area (Å²) in [5.41, 5.74) is 1.78. The van der Waals surface area contributed by atoms with Gasteiger partial charge in [0.2, 0.25) is 0 Å². The van der Waals surface area contributed by atoms with E-state index >= 15 is 0 Å². The third-order valence-corrected chi connectivity index (χ3v) is 4.78. The number of methoxy groups -OCH3 is 1. The minimum absolute atomic E-state index is 0.00116. The zero-order valence-corrected chi connectivity index (χ0v) is 15.4. The second-order valence-corrected chi connectivity index (χ2v) is 6.99. The molecule has 0 spiro atoms. The minimum atomic E-state index is -0.00116. The molecule has 1 aromatic rings. The number of hydrogen-bond acceptors (Lipinski definition) is 4. The van der Waals surface area contributed by atoms with Crippen molar-refractivity contribution >= 4 is 5.91 Å². The highest BCUT2D eigenvalue weighted by atomic mass is 16.5. The molecule has 0 bridgehead atoms. The van der Waals surface area contributed by atoms with Gasteiger partial charge >= 0.3 is 0 Å². The number of likely N-dealkylation sites (N-methyl/N-ethyl adjacent to an activating group) is 1. The SMILES string of the molecule is COCc1ccc(C(=O)NCC(C(C)C)N2CCN(C)CC2)cc1. The Balaban J connectivity index is 1.90. The van der Waals surface area contributed by atoms with E-state index in [1.165, 1.54) is 0 Å². The van der Waals surface area contributed by atoms with Gasteiger partial charge in [0.25, 0.3) is 5.91 Å². The highest BCUT2D eigenvalue weighted by Crippen LogP contribution is 2.13. The quantitative estimate of drug-likeness (QED) is 0.827. The number of piperazine rings is 1. The number of amides is 1. The summed E-state index contributed by atoms with van der Waals surface area (Å²) in [5.74, 6) is 0.511. The molecule has 1 atom stereocenters. The fourth-order valence-corrected chi connectivity index (χ4v) is 3.16. The van der Waals surface area contributed by atoms with Crippen molar-refractivity contribution in [3.8, 4) is 0 Å². The van der Waals surface area contributed by atoms with Crippen molar-refractivity contribution in [2.75, 3.05) is 46.9 Å². The van der Waals surface area contributed by atoms with Gasteiger partial charge in [-0.05, 0) is 30.7 Å². The maximum Gasteiger partial charge on any atom is 0.251 e. The van der Waals surface area contributed by atoms with Gasteiger partial charge in [0, 0.05) is 51.4 Å². The normalized spacial score (nSPS) is 17.9. The fourth-order valence-electron chi connectivity index (χ4n) is 3.16. The van der Waals surface area contributed by atoms with E-state index in [1.807, 2.05) is 24.3 Å². The lowest BCUT2D eigenvalue weighted by Crippen LogP contribution is -2.54. The first-order chi connectivity index (χ1) is 11.5. The van der Waals surface area contributed by atoms with Gasteiger partial charge in [-0.3, -0.25) is 9.69 Å². The van der Waals surface area contributed by atoms with E-state index < -0.39 is 0 Å². The summed E-state index contributed by atoms with van der Waals surface area (Å²) in [4.78, 5) is 17.3. The summed E-state index contributed by atoms with van der Waals surface area (Å²) >= 11 is 0. The number of rotatable bonds is 7. The molecule has 0 aromatic heterocycles. The van der Waals surface area contributed by atoms with Gasteiger partial charge in [0.15, 0.2) is 0 Å². The number of hydrogen-bond donors (Lipinski definition) is 1. The summed E-state index contributed by atoms with van der Waals surface area (Å²) in [6.45, 7) is 10.1. The molecule has 1 aromatic carbocycles. The third-order valence-electron chi connectivity index (χ3n) is 4.78. The van der Waals surface area contributed by atoms with Gasteiger partial charge < -0.3 is 15.0 Å². The molecule has 1 unspecified atom stereocenters. The van der Waals surface area contributed by atoms with Crippen LogP contribution in [-0.4, -0.2) is 68.6 Å². The van der Waals surface area contributed by atoms with Gasteiger partial charge in [-0.1, -0.05) is 26.0 Å². The molecule has 1 aliphatic rings. The van der Waals surface area contributed by atoms with Crippen LogP contribution in [0.25, 0.3) is 0 Å². The van der Waals surface area contributed by atoms with Gasteiger partial charge in [-0.25, -0.2) is 0 Å². The zero-order valence-electron chi connectivity index (χ0n) is 15.4. The summed E-state index contributed by atoms with van der Waals surface area (Å²) in [6.07, 6.45) is 0. The minimum Gasteiger partial charge on any atom is -0.380 e. The van der Waals surface area contributed by atoms with Crippen molar-refractivity contribution in [3.05, 3.63) is 35.4 Å². The number of benzene rings is 1. The Morgan fingerprint density at radius 2 is 1.79 bits per heavy atom. The Morgan fingerprint density at radius 1 is 1.17 bits per heavy atom. The van der Waals surface area contributed by atoms with E-state index in [2.05, 4.69) is 36.0 Å². The first-order valence-corrected chi connectivity index (χ1v) is 8.80. The Kier molecular flexibility index (Phi) is 7.21. The van der Waals surface area contributed by atoms with Crippen LogP contribution in [0, 0.1) is 5.92 Å². The van der Waals surface area contributed by atoms with Crippen molar-refractivity contribution in [2.24, 2.45) is 5.92 Å². The highest BCUT2D eigenvalue weighted by molar-refractivity contribution is 5.94. The smallest absolute Gasteiger partial charge is 0.251 e. The topological polar surface area (TPSA) is 44.8 Å². The molecule has 1 N–H and O–H groups in total. The summed E-state index contributed by atoms with van der Waals surface area (Å²) in [6, 6.07) is 8.00. The second-order valence-electron chi connectivity index (χ2n) is 6.99. The van der Waals surface area contributed by atoms with Crippen molar-refractivity contribution in [1.82, 2.24) is 15.1 Å². The molecule has 1 amide bonds. The molecule has 1 fully saturated rings. The van der Waals surface area contributed by atoms with Crippen LogP contribution < -0.4 is 5.32 Å². The van der Waals surface area contributed by atoms with Crippen LogP contribution in [-0.2, 0) is 11.3 Å². The van der Waals surface area contributed by atoms with E-state index in [0.29, 0.717) is 30.7 Å². The molecule has 1 heterocycles. The van der Waals surface area contributed by atoms with Crippen molar-refractivity contribution < 1.29 is 9.53 Å². The van der Waals surface area contributed by atoms with Gasteiger partial charge in [0.1, 0.15) is 0 Å². The van der Waals surface area contributed by atoms with Crippen LogP contribution in [0.3, 0.4) is 0 Å². The maximum absolute atomic E-state index is 12.4. The zero-order chi connectivity index (χ0) is 17.5. The maximum atomic E-state index is 12.4. The number of carbonyl (C=O) groups is 1. The molecule has 5 nitrogen and oxygen atoms in total. The fraction of sp³-hybridized carbons (Fsp3) is 0.632. The van der Waals surface area contributed by atoms with Crippen LogP contribution in [0.1, 0.15) is 29.8 Å². The van der Waals surface area contributed by atoms with Gasteiger partial charge in [-0.2, -0.15) is 0 Å². The van der Waals surface area contributed by atoms with Crippen molar-refractivity contribution in [1.29, 1.82) is 0 Å². The van der Waals surface area contributed by atoms with Gasteiger partial charge in [0.05, 0.1) is 6.61 Å². The largest absolute Gasteiger partial charge is 0.380 e. The summed E-state index contributed by atoms with van der Waals surface area (Å²) < 4.78 is 5.10. The van der Waals surface area contributed by atoms with Crippen LogP contribution >= 0.6 is 0 Å². The average molecular weight is 333 g/mol. The van der Waals surface area contributed by atoms with E-state index in [4.69, 9.17) is 4.74 Å². The Hall–Kier alpha value is -1.43. The molecule has 24 heavy (non-hydrogen) atoms. The van der Waals surface area contributed by atoms with E-state index in [0.717, 1.165) is 31.7 Å². The van der Waals surface area contributed by atoms with Crippen LogP contribution in [0.15, 0.2) is 24.3 Å². The first-order valence-electron chi connectivity index (χ1n) is 8.80. The molecule has 0 radical (unpaired) electrons. The second kappa shape index (κ2) is 9.16. The number of ether oxygens (including phenoxy) is 1. The van der Waals surface area contributed by atoms with Crippen LogP contribution in [0.4, 0.5) is 0 Å². The summed E-state index contributed by atoms with van der Waals surface area (Å²) in [5, 5.41) is 3.11. The Morgan fingerprint density at radius 3 is 2.33 bits per heavy atom. The first kappa shape index (κ1) is 18.9. The van der Waals surface area contributed by atoms with E-state index in [1.54, 1.807) is 7.11 Å². The Bertz CT molecular complexity index is 508. The molecule has 1 aliphatic heterocycles. The van der Waals surface area contributed by atoms with Crippen LogP contribution in [0.2, 0.25) is 0 Å².